The highest BCUT2D eigenvalue weighted by atomic mass is 16.7. The van der Waals surface area contributed by atoms with E-state index in [0.29, 0.717) is 0 Å². The molecular formula is C9H17N3O. The van der Waals surface area contributed by atoms with Crippen LogP contribution in [0, 0.1) is 6.92 Å². The number of rotatable bonds is 5. The summed E-state index contributed by atoms with van der Waals surface area (Å²) in [6.45, 7) is 4.16. The number of aromatic nitrogens is 3. The molecule has 1 aromatic heterocycles. The molecule has 0 aliphatic rings. The summed E-state index contributed by atoms with van der Waals surface area (Å²) in [5, 5.41) is 7.81. The summed E-state index contributed by atoms with van der Waals surface area (Å²) in [6.07, 6.45) is 4.65. The summed E-state index contributed by atoms with van der Waals surface area (Å²) in [6, 6.07) is 0. The molecule has 4 heteroatoms. The summed E-state index contributed by atoms with van der Waals surface area (Å²) >= 11 is 0. The first-order valence-electron chi connectivity index (χ1n) is 4.75. The molecule has 0 radical (unpaired) electrons. The topological polar surface area (TPSA) is 39.9 Å². The van der Waals surface area contributed by atoms with E-state index in [1.807, 2.05) is 6.92 Å². The first kappa shape index (κ1) is 10.0. The maximum absolute atomic E-state index is 5.04. The Labute approximate surface area is 78.8 Å². The Balaban J connectivity index is 2.57. The van der Waals surface area contributed by atoms with Crippen molar-refractivity contribution >= 4 is 0 Å². The van der Waals surface area contributed by atoms with Gasteiger partial charge in [-0.1, -0.05) is 24.6 Å². The zero-order valence-corrected chi connectivity index (χ0v) is 8.58. The highest BCUT2D eigenvalue weighted by molar-refractivity contribution is 5.06. The van der Waals surface area contributed by atoms with Crippen molar-refractivity contribution in [2.75, 3.05) is 7.11 Å². The maximum Gasteiger partial charge on any atom is 0.106 e. The van der Waals surface area contributed by atoms with Gasteiger partial charge in [-0.05, 0) is 25.0 Å². The van der Waals surface area contributed by atoms with Crippen LogP contribution in [0.4, 0.5) is 0 Å². The van der Waals surface area contributed by atoms with Gasteiger partial charge in [-0.3, -0.25) is 0 Å². The van der Waals surface area contributed by atoms with E-state index in [0.717, 1.165) is 17.8 Å². The molecule has 0 saturated carbocycles. The van der Waals surface area contributed by atoms with Crippen LogP contribution in [-0.4, -0.2) is 22.3 Å². The van der Waals surface area contributed by atoms with Crippen molar-refractivity contribution in [3.05, 3.63) is 11.4 Å². The Hall–Kier alpha value is -1.06. The first-order valence-corrected chi connectivity index (χ1v) is 4.75. The average molecular weight is 183 g/mol. The van der Waals surface area contributed by atoms with Gasteiger partial charge < -0.3 is 4.84 Å². The minimum atomic E-state index is 0.970. The fourth-order valence-electron chi connectivity index (χ4n) is 1.32. The molecule has 0 N–H and O–H groups in total. The molecule has 74 valence electrons. The maximum atomic E-state index is 5.04. The lowest BCUT2D eigenvalue weighted by Crippen LogP contribution is -2.12. The second kappa shape index (κ2) is 4.84. The molecule has 0 atom stereocenters. The predicted octanol–water partition coefficient (Wildman–Crippen LogP) is 1.38. The van der Waals surface area contributed by atoms with Gasteiger partial charge in [0.15, 0.2) is 0 Å². The molecule has 0 saturated heterocycles. The van der Waals surface area contributed by atoms with Crippen molar-refractivity contribution in [3.8, 4) is 0 Å². The van der Waals surface area contributed by atoms with E-state index < -0.39 is 0 Å². The van der Waals surface area contributed by atoms with Gasteiger partial charge in [-0.2, -0.15) is 0 Å². The van der Waals surface area contributed by atoms with E-state index in [9.17, 15) is 0 Å². The van der Waals surface area contributed by atoms with Crippen LogP contribution in [0.3, 0.4) is 0 Å². The van der Waals surface area contributed by atoms with E-state index in [1.54, 1.807) is 7.11 Å². The van der Waals surface area contributed by atoms with Crippen molar-refractivity contribution in [1.82, 2.24) is 15.2 Å². The van der Waals surface area contributed by atoms with E-state index in [1.165, 1.54) is 24.1 Å². The monoisotopic (exact) mass is 183 g/mol. The third-order valence-electron chi connectivity index (χ3n) is 2.11. The van der Waals surface area contributed by atoms with Crippen LogP contribution in [0.5, 0.6) is 0 Å². The number of unbranched alkanes of at least 4 members (excludes halogenated alkanes) is 2. The second-order valence-corrected chi connectivity index (χ2v) is 3.13. The molecule has 0 aliphatic heterocycles. The molecule has 4 nitrogen and oxygen atoms in total. The molecule has 0 bridgehead atoms. The highest BCUT2D eigenvalue weighted by Crippen LogP contribution is 2.08. The van der Waals surface area contributed by atoms with Crippen LogP contribution in [0.15, 0.2) is 0 Å². The van der Waals surface area contributed by atoms with E-state index in [-0.39, 0.29) is 0 Å². The lowest BCUT2D eigenvalue weighted by atomic mass is 10.1. The van der Waals surface area contributed by atoms with Crippen molar-refractivity contribution in [3.63, 3.8) is 0 Å². The standard InChI is InChI=1S/C9H17N3O/c1-4-5-6-7-9-8(2)10-11-12(9)13-3/h4-7H2,1-3H3. The van der Waals surface area contributed by atoms with Crippen molar-refractivity contribution < 1.29 is 4.84 Å². The van der Waals surface area contributed by atoms with Gasteiger partial charge in [0.2, 0.25) is 0 Å². The van der Waals surface area contributed by atoms with E-state index in [2.05, 4.69) is 17.2 Å². The summed E-state index contributed by atoms with van der Waals surface area (Å²) in [7, 11) is 1.61. The molecule has 0 unspecified atom stereocenters. The Morgan fingerprint density at radius 1 is 1.38 bits per heavy atom. The van der Waals surface area contributed by atoms with Crippen LogP contribution in [0.25, 0.3) is 0 Å². The predicted molar refractivity (Wildman–Crippen MR) is 50.5 cm³/mol. The van der Waals surface area contributed by atoms with Crippen LogP contribution in [-0.2, 0) is 6.42 Å². The smallest absolute Gasteiger partial charge is 0.106 e. The number of aryl methyl sites for hydroxylation is 1. The van der Waals surface area contributed by atoms with Crippen LogP contribution in [0.1, 0.15) is 37.6 Å². The number of nitrogens with zero attached hydrogens (tertiary/aromatic N) is 3. The summed E-state index contributed by atoms with van der Waals surface area (Å²) in [5.41, 5.74) is 2.06. The van der Waals surface area contributed by atoms with Gasteiger partial charge in [0, 0.05) is 0 Å². The zero-order chi connectivity index (χ0) is 9.68. The van der Waals surface area contributed by atoms with Gasteiger partial charge in [0.1, 0.15) is 12.8 Å². The summed E-state index contributed by atoms with van der Waals surface area (Å²) in [4.78, 5) is 6.54. The Morgan fingerprint density at radius 2 is 2.15 bits per heavy atom. The number of hydrogen-bond donors (Lipinski definition) is 0. The SMILES string of the molecule is CCCCCc1c(C)nnn1OC. The molecule has 0 fully saturated rings. The Kier molecular flexibility index (Phi) is 3.73. The number of hydrogen-bond acceptors (Lipinski definition) is 3. The van der Waals surface area contributed by atoms with Gasteiger partial charge >= 0.3 is 0 Å². The Bertz CT molecular complexity index is 257. The third-order valence-corrected chi connectivity index (χ3v) is 2.11. The first-order chi connectivity index (χ1) is 6.29. The van der Waals surface area contributed by atoms with Crippen LogP contribution >= 0.6 is 0 Å². The molecule has 0 amide bonds. The highest BCUT2D eigenvalue weighted by Gasteiger charge is 2.08. The minimum absolute atomic E-state index is 0.970. The quantitative estimate of drug-likeness (QED) is 0.647. The fraction of sp³-hybridized carbons (Fsp3) is 0.778. The van der Waals surface area contributed by atoms with Gasteiger partial charge in [0.25, 0.3) is 0 Å². The molecule has 13 heavy (non-hydrogen) atoms. The van der Waals surface area contributed by atoms with E-state index >= 15 is 0 Å². The van der Waals surface area contributed by atoms with Crippen molar-refractivity contribution in [1.29, 1.82) is 0 Å². The molecule has 1 heterocycles. The lowest BCUT2D eigenvalue weighted by Gasteiger charge is -2.03. The average Bonchev–Trinajstić information content (AvgIpc) is 2.48. The summed E-state index contributed by atoms with van der Waals surface area (Å²) in [5.74, 6) is 0. The fourth-order valence-corrected chi connectivity index (χ4v) is 1.32. The van der Waals surface area contributed by atoms with Crippen LogP contribution < -0.4 is 4.84 Å². The third kappa shape index (κ3) is 2.44. The van der Waals surface area contributed by atoms with Crippen molar-refractivity contribution in [2.45, 2.75) is 39.5 Å². The minimum Gasteiger partial charge on any atom is -0.399 e. The molecule has 1 aromatic rings. The van der Waals surface area contributed by atoms with Gasteiger partial charge in [0.05, 0.1) is 5.69 Å². The summed E-state index contributed by atoms with van der Waals surface area (Å²) < 4.78 is 0. The van der Waals surface area contributed by atoms with E-state index in [4.69, 9.17) is 4.84 Å². The van der Waals surface area contributed by atoms with Crippen molar-refractivity contribution in [2.24, 2.45) is 0 Å². The normalized spacial score (nSPS) is 10.4. The molecule has 0 aliphatic carbocycles. The van der Waals surface area contributed by atoms with Crippen LogP contribution in [0.2, 0.25) is 0 Å². The van der Waals surface area contributed by atoms with Gasteiger partial charge in [-0.15, -0.1) is 5.10 Å². The molecule has 0 aromatic carbocycles. The second-order valence-electron chi connectivity index (χ2n) is 3.13. The lowest BCUT2D eigenvalue weighted by molar-refractivity contribution is 0.121. The molecule has 0 spiro atoms. The zero-order valence-electron chi connectivity index (χ0n) is 8.58. The molecule has 1 rings (SSSR count). The molecular weight excluding hydrogens is 166 g/mol. The van der Waals surface area contributed by atoms with Gasteiger partial charge in [-0.25, -0.2) is 0 Å². The largest absolute Gasteiger partial charge is 0.399 e. The Morgan fingerprint density at radius 3 is 2.77 bits per heavy atom.